The highest BCUT2D eigenvalue weighted by Gasteiger charge is 2.18. The lowest BCUT2D eigenvalue weighted by molar-refractivity contribution is 0.0522. The normalized spacial score (nSPS) is 12.4. The fourth-order valence-electron chi connectivity index (χ4n) is 1.46. The van der Waals surface area contributed by atoms with Crippen LogP contribution in [-0.2, 0) is 9.47 Å². The van der Waals surface area contributed by atoms with Crippen LogP contribution in [0.4, 0.5) is 0 Å². The Hall–Kier alpha value is -0.160. The van der Waals surface area contributed by atoms with E-state index in [2.05, 4.69) is 25.7 Å². The molecule has 0 saturated heterocycles. The number of ether oxygens (including phenoxy) is 2. The Kier molecular flexibility index (Phi) is 8.84. The van der Waals surface area contributed by atoms with E-state index in [1.807, 2.05) is 0 Å². The summed E-state index contributed by atoms with van der Waals surface area (Å²) in [4.78, 5) is 2.37. The van der Waals surface area contributed by atoms with Crippen LogP contribution in [-0.4, -0.2) is 58.0 Å². The molecular formula is C12H28N2O2. The summed E-state index contributed by atoms with van der Waals surface area (Å²) in [7, 11) is 1.69. The third-order valence-corrected chi connectivity index (χ3v) is 2.64. The fraction of sp³-hybridized carbons (Fsp3) is 1.00. The third-order valence-electron chi connectivity index (χ3n) is 2.64. The van der Waals surface area contributed by atoms with Gasteiger partial charge in [-0.05, 0) is 18.5 Å². The van der Waals surface area contributed by atoms with Gasteiger partial charge in [0, 0.05) is 20.2 Å². The van der Waals surface area contributed by atoms with E-state index >= 15 is 0 Å². The Morgan fingerprint density at radius 2 is 1.88 bits per heavy atom. The number of likely N-dealkylation sites (N-methyl/N-ethyl adjacent to an activating group) is 1. The fourth-order valence-corrected chi connectivity index (χ4v) is 1.46. The predicted molar refractivity (Wildman–Crippen MR) is 67.6 cm³/mol. The molecule has 0 heterocycles. The van der Waals surface area contributed by atoms with E-state index in [1.54, 1.807) is 7.11 Å². The van der Waals surface area contributed by atoms with Crippen molar-refractivity contribution in [1.82, 2.24) is 4.90 Å². The molecule has 0 saturated carbocycles. The lowest BCUT2D eigenvalue weighted by atomic mass is 9.93. The second-order valence-electron chi connectivity index (χ2n) is 4.84. The molecule has 0 unspecified atom stereocenters. The summed E-state index contributed by atoms with van der Waals surface area (Å²) < 4.78 is 10.4. The zero-order valence-corrected chi connectivity index (χ0v) is 11.3. The smallest absolute Gasteiger partial charge is 0.0700 e. The molecule has 2 N–H and O–H groups in total. The van der Waals surface area contributed by atoms with Crippen molar-refractivity contribution in [3.05, 3.63) is 0 Å². The lowest BCUT2D eigenvalue weighted by Crippen LogP contribution is -2.40. The van der Waals surface area contributed by atoms with E-state index in [-0.39, 0.29) is 5.41 Å². The van der Waals surface area contributed by atoms with E-state index in [0.29, 0.717) is 19.8 Å². The van der Waals surface area contributed by atoms with Crippen molar-refractivity contribution in [2.45, 2.75) is 20.8 Å². The van der Waals surface area contributed by atoms with Gasteiger partial charge in [0.1, 0.15) is 0 Å². The van der Waals surface area contributed by atoms with Gasteiger partial charge in [0.15, 0.2) is 0 Å². The minimum atomic E-state index is 0.183. The second kappa shape index (κ2) is 8.93. The molecule has 4 heteroatoms. The van der Waals surface area contributed by atoms with Crippen LogP contribution in [0, 0.1) is 5.41 Å². The molecule has 0 aliphatic carbocycles. The van der Waals surface area contributed by atoms with Gasteiger partial charge in [-0.15, -0.1) is 0 Å². The van der Waals surface area contributed by atoms with E-state index in [4.69, 9.17) is 15.2 Å². The number of rotatable bonds is 10. The molecule has 0 aromatic carbocycles. The highest BCUT2D eigenvalue weighted by molar-refractivity contribution is 4.74. The van der Waals surface area contributed by atoms with Crippen molar-refractivity contribution in [1.29, 1.82) is 0 Å². The molecule has 0 fully saturated rings. The van der Waals surface area contributed by atoms with Gasteiger partial charge < -0.3 is 20.1 Å². The maximum atomic E-state index is 5.73. The number of nitrogens with zero attached hydrogens (tertiary/aromatic N) is 1. The molecule has 0 aromatic rings. The van der Waals surface area contributed by atoms with E-state index in [9.17, 15) is 0 Å². The van der Waals surface area contributed by atoms with Crippen LogP contribution in [0.1, 0.15) is 20.8 Å². The summed E-state index contributed by atoms with van der Waals surface area (Å²) >= 11 is 0. The number of methoxy groups -OCH3 is 1. The maximum absolute atomic E-state index is 5.73. The van der Waals surface area contributed by atoms with Crippen molar-refractivity contribution >= 4 is 0 Å². The minimum absolute atomic E-state index is 0.183. The first-order valence-corrected chi connectivity index (χ1v) is 6.05. The molecule has 0 aliphatic heterocycles. The van der Waals surface area contributed by atoms with E-state index in [1.165, 1.54) is 0 Å². The summed E-state index contributed by atoms with van der Waals surface area (Å²) in [5.74, 6) is 0. The van der Waals surface area contributed by atoms with Crippen LogP contribution in [0.25, 0.3) is 0 Å². The van der Waals surface area contributed by atoms with Gasteiger partial charge in [-0.2, -0.15) is 0 Å². The maximum Gasteiger partial charge on any atom is 0.0700 e. The summed E-state index contributed by atoms with van der Waals surface area (Å²) in [6.07, 6.45) is 0. The molecule has 16 heavy (non-hydrogen) atoms. The molecule has 0 bridgehead atoms. The molecule has 4 nitrogen and oxygen atoms in total. The first-order chi connectivity index (χ1) is 7.55. The summed E-state index contributed by atoms with van der Waals surface area (Å²) in [6, 6.07) is 0. The largest absolute Gasteiger partial charge is 0.382 e. The van der Waals surface area contributed by atoms with Crippen molar-refractivity contribution in [2.75, 3.05) is 53.1 Å². The van der Waals surface area contributed by atoms with Crippen LogP contribution in [0.2, 0.25) is 0 Å². The minimum Gasteiger partial charge on any atom is -0.382 e. The lowest BCUT2D eigenvalue weighted by Gasteiger charge is -2.30. The Morgan fingerprint density at radius 1 is 1.19 bits per heavy atom. The van der Waals surface area contributed by atoms with Gasteiger partial charge in [-0.25, -0.2) is 0 Å². The van der Waals surface area contributed by atoms with E-state index < -0.39 is 0 Å². The summed E-state index contributed by atoms with van der Waals surface area (Å²) in [5, 5.41) is 0. The van der Waals surface area contributed by atoms with Crippen molar-refractivity contribution < 1.29 is 9.47 Å². The Morgan fingerprint density at radius 3 is 2.38 bits per heavy atom. The zero-order chi connectivity index (χ0) is 12.4. The molecule has 98 valence electrons. The predicted octanol–water partition coefficient (Wildman–Crippen LogP) is 0.956. The van der Waals surface area contributed by atoms with Gasteiger partial charge in [0.05, 0.1) is 19.8 Å². The van der Waals surface area contributed by atoms with Gasteiger partial charge in [0.2, 0.25) is 0 Å². The van der Waals surface area contributed by atoms with Crippen LogP contribution in [0.15, 0.2) is 0 Å². The molecule has 0 radical (unpaired) electrons. The zero-order valence-electron chi connectivity index (χ0n) is 11.3. The number of hydrogen-bond acceptors (Lipinski definition) is 4. The van der Waals surface area contributed by atoms with E-state index in [0.717, 1.165) is 26.2 Å². The highest BCUT2D eigenvalue weighted by atomic mass is 16.5. The molecule has 0 aliphatic rings. The molecular weight excluding hydrogens is 204 g/mol. The first kappa shape index (κ1) is 15.8. The summed E-state index contributed by atoms with van der Waals surface area (Å²) in [5.41, 5.74) is 5.91. The average Bonchev–Trinajstić information content (AvgIpc) is 2.27. The van der Waals surface area contributed by atoms with Gasteiger partial charge >= 0.3 is 0 Å². The molecule has 0 aromatic heterocycles. The SMILES string of the molecule is CCN(CCOCCOC)CC(C)(C)CN. The topological polar surface area (TPSA) is 47.7 Å². The van der Waals surface area contributed by atoms with Crippen LogP contribution in [0.3, 0.4) is 0 Å². The Labute approximate surface area is 100 Å². The van der Waals surface area contributed by atoms with Crippen LogP contribution in [0.5, 0.6) is 0 Å². The first-order valence-electron chi connectivity index (χ1n) is 6.05. The number of hydrogen-bond donors (Lipinski definition) is 1. The highest BCUT2D eigenvalue weighted by Crippen LogP contribution is 2.14. The quantitative estimate of drug-likeness (QED) is 0.570. The number of nitrogens with two attached hydrogens (primary N) is 1. The second-order valence-corrected chi connectivity index (χ2v) is 4.84. The average molecular weight is 232 g/mol. The van der Waals surface area contributed by atoms with Gasteiger partial charge in [0.25, 0.3) is 0 Å². The van der Waals surface area contributed by atoms with Gasteiger partial charge in [-0.1, -0.05) is 20.8 Å². The van der Waals surface area contributed by atoms with Crippen molar-refractivity contribution in [3.8, 4) is 0 Å². The Bertz CT molecular complexity index is 163. The van der Waals surface area contributed by atoms with Gasteiger partial charge in [-0.3, -0.25) is 0 Å². The standard InChI is InChI=1S/C12H28N2O2/c1-5-14(11-12(2,3)10-13)6-7-16-9-8-15-4/h5-11,13H2,1-4H3. The molecule has 0 amide bonds. The monoisotopic (exact) mass is 232 g/mol. The molecule has 0 spiro atoms. The van der Waals surface area contributed by atoms with Crippen molar-refractivity contribution in [2.24, 2.45) is 11.1 Å². The van der Waals surface area contributed by atoms with Crippen LogP contribution < -0.4 is 5.73 Å². The van der Waals surface area contributed by atoms with Crippen LogP contribution >= 0.6 is 0 Å². The molecule has 0 atom stereocenters. The summed E-state index contributed by atoms with van der Waals surface area (Å²) in [6.45, 7) is 12.4. The third kappa shape index (κ3) is 8.05. The Balaban J connectivity index is 3.67. The van der Waals surface area contributed by atoms with Crippen molar-refractivity contribution in [3.63, 3.8) is 0 Å². The molecule has 0 rings (SSSR count).